The molecule has 21 heavy (non-hydrogen) atoms. The first kappa shape index (κ1) is 13.6. The summed E-state index contributed by atoms with van der Waals surface area (Å²) >= 11 is 0. The summed E-state index contributed by atoms with van der Waals surface area (Å²) in [5.74, 6) is 1.02. The number of rotatable bonds is 3. The molecular weight excluding hydrogens is 256 g/mol. The van der Waals surface area contributed by atoms with E-state index in [9.17, 15) is 0 Å². The smallest absolute Gasteiger partial charge is 0.144 e. The van der Waals surface area contributed by atoms with Gasteiger partial charge in [0.1, 0.15) is 5.82 Å². The zero-order valence-electron chi connectivity index (χ0n) is 12.8. The summed E-state index contributed by atoms with van der Waals surface area (Å²) in [5, 5.41) is 0. The molecule has 0 spiro atoms. The van der Waals surface area contributed by atoms with Crippen LogP contribution in [0.2, 0.25) is 0 Å². The Labute approximate surface area is 126 Å². The minimum Gasteiger partial charge on any atom is -0.299 e. The normalized spacial score (nSPS) is 10.8. The summed E-state index contributed by atoms with van der Waals surface area (Å²) in [4.78, 5) is 4.82. The van der Waals surface area contributed by atoms with Crippen molar-refractivity contribution >= 4 is 0 Å². The number of nitrogens with zero attached hydrogens (tertiary/aromatic N) is 2. The second kappa shape index (κ2) is 5.57. The molecule has 2 aromatic carbocycles. The fraction of sp³-hybridized carbons (Fsp3) is 0.211. The maximum Gasteiger partial charge on any atom is 0.144 e. The molecule has 0 unspecified atom stereocenters. The predicted molar refractivity (Wildman–Crippen MR) is 87.9 cm³/mol. The quantitative estimate of drug-likeness (QED) is 0.677. The first-order valence-electron chi connectivity index (χ1n) is 7.41. The third kappa shape index (κ3) is 2.49. The SMILES string of the molecule is CCc1cn(-c2c(C)cccc2C)c(-c2ccccc2)n1. The molecule has 0 aliphatic heterocycles. The maximum atomic E-state index is 4.82. The Morgan fingerprint density at radius 2 is 1.57 bits per heavy atom. The lowest BCUT2D eigenvalue weighted by molar-refractivity contribution is 1.03. The van der Waals surface area contributed by atoms with Gasteiger partial charge in [0.15, 0.2) is 0 Å². The third-order valence-electron chi connectivity index (χ3n) is 3.83. The van der Waals surface area contributed by atoms with E-state index in [4.69, 9.17) is 4.98 Å². The van der Waals surface area contributed by atoms with Crippen LogP contribution in [-0.2, 0) is 6.42 Å². The lowest BCUT2D eigenvalue weighted by Crippen LogP contribution is -2.01. The molecule has 0 bridgehead atoms. The van der Waals surface area contributed by atoms with Gasteiger partial charge >= 0.3 is 0 Å². The Bertz CT molecular complexity index is 734. The van der Waals surface area contributed by atoms with Crippen molar-refractivity contribution < 1.29 is 0 Å². The zero-order valence-corrected chi connectivity index (χ0v) is 12.8. The molecule has 106 valence electrons. The van der Waals surface area contributed by atoms with E-state index >= 15 is 0 Å². The van der Waals surface area contributed by atoms with Crippen LogP contribution >= 0.6 is 0 Å². The molecule has 0 aliphatic rings. The molecule has 1 heterocycles. The van der Waals surface area contributed by atoms with Crippen LogP contribution in [0.1, 0.15) is 23.7 Å². The second-order valence-corrected chi connectivity index (χ2v) is 5.39. The molecule has 0 aliphatic carbocycles. The number of aryl methyl sites for hydroxylation is 3. The molecule has 0 amide bonds. The van der Waals surface area contributed by atoms with Crippen LogP contribution in [0.25, 0.3) is 17.1 Å². The largest absolute Gasteiger partial charge is 0.299 e. The molecule has 0 atom stereocenters. The number of benzene rings is 2. The van der Waals surface area contributed by atoms with E-state index in [1.165, 1.54) is 16.8 Å². The first-order valence-corrected chi connectivity index (χ1v) is 7.41. The number of aromatic nitrogens is 2. The minimum atomic E-state index is 0.942. The molecule has 3 aromatic rings. The maximum absolute atomic E-state index is 4.82. The van der Waals surface area contributed by atoms with E-state index in [-0.39, 0.29) is 0 Å². The Hall–Kier alpha value is -2.35. The number of para-hydroxylation sites is 1. The fourth-order valence-corrected chi connectivity index (χ4v) is 2.75. The highest BCUT2D eigenvalue weighted by Crippen LogP contribution is 2.27. The Morgan fingerprint density at radius 3 is 2.19 bits per heavy atom. The van der Waals surface area contributed by atoms with Gasteiger partial charge in [-0.25, -0.2) is 4.98 Å². The second-order valence-electron chi connectivity index (χ2n) is 5.39. The number of hydrogen-bond acceptors (Lipinski definition) is 1. The highest BCUT2D eigenvalue weighted by atomic mass is 15.1. The van der Waals surface area contributed by atoms with E-state index in [1.54, 1.807) is 0 Å². The van der Waals surface area contributed by atoms with E-state index in [0.717, 1.165) is 23.5 Å². The molecule has 0 fully saturated rings. The highest BCUT2D eigenvalue weighted by molar-refractivity contribution is 5.61. The van der Waals surface area contributed by atoms with Crippen LogP contribution in [0, 0.1) is 13.8 Å². The van der Waals surface area contributed by atoms with Crippen LogP contribution in [0.4, 0.5) is 0 Å². The van der Waals surface area contributed by atoms with Crippen molar-refractivity contribution in [1.82, 2.24) is 9.55 Å². The van der Waals surface area contributed by atoms with Crippen molar-refractivity contribution in [3.05, 3.63) is 71.5 Å². The van der Waals surface area contributed by atoms with Gasteiger partial charge in [0.2, 0.25) is 0 Å². The molecule has 0 N–H and O–H groups in total. The standard InChI is InChI=1S/C19H20N2/c1-4-17-13-21(18-14(2)9-8-10-15(18)3)19(20-17)16-11-6-5-7-12-16/h5-13H,4H2,1-3H3. The molecule has 0 radical (unpaired) electrons. The lowest BCUT2D eigenvalue weighted by Gasteiger charge is -2.13. The van der Waals surface area contributed by atoms with Crippen LogP contribution < -0.4 is 0 Å². The Balaban J connectivity index is 2.26. The van der Waals surface area contributed by atoms with Crippen LogP contribution in [-0.4, -0.2) is 9.55 Å². The zero-order chi connectivity index (χ0) is 14.8. The minimum absolute atomic E-state index is 0.942. The van der Waals surface area contributed by atoms with Crippen LogP contribution in [0.5, 0.6) is 0 Å². The summed E-state index contributed by atoms with van der Waals surface area (Å²) in [6, 6.07) is 16.8. The molecule has 0 saturated heterocycles. The van der Waals surface area contributed by atoms with E-state index in [2.05, 4.69) is 74.0 Å². The molecule has 2 heteroatoms. The van der Waals surface area contributed by atoms with E-state index in [1.807, 2.05) is 6.07 Å². The summed E-state index contributed by atoms with van der Waals surface area (Å²) in [5.41, 5.74) is 6.05. The van der Waals surface area contributed by atoms with Crippen LogP contribution in [0.3, 0.4) is 0 Å². The average Bonchev–Trinajstić information content (AvgIpc) is 2.92. The summed E-state index contributed by atoms with van der Waals surface area (Å²) in [6.45, 7) is 6.46. The van der Waals surface area contributed by atoms with Crippen molar-refractivity contribution in [3.8, 4) is 17.1 Å². The van der Waals surface area contributed by atoms with Gasteiger partial charge in [0.05, 0.1) is 11.4 Å². The molecule has 1 aromatic heterocycles. The number of imidazole rings is 1. The van der Waals surface area contributed by atoms with Gasteiger partial charge < -0.3 is 0 Å². The number of hydrogen-bond donors (Lipinski definition) is 0. The highest BCUT2D eigenvalue weighted by Gasteiger charge is 2.13. The van der Waals surface area contributed by atoms with Gasteiger partial charge in [0, 0.05) is 11.8 Å². The lowest BCUT2D eigenvalue weighted by atomic mass is 10.1. The topological polar surface area (TPSA) is 17.8 Å². The van der Waals surface area contributed by atoms with Gasteiger partial charge in [-0.1, -0.05) is 55.5 Å². The molecule has 2 nitrogen and oxygen atoms in total. The van der Waals surface area contributed by atoms with Gasteiger partial charge in [-0.2, -0.15) is 0 Å². The fourth-order valence-electron chi connectivity index (χ4n) is 2.75. The Kier molecular flexibility index (Phi) is 3.61. The van der Waals surface area contributed by atoms with Gasteiger partial charge in [-0.05, 0) is 31.4 Å². The predicted octanol–water partition coefficient (Wildman–Crippen LogP) is 4.72. The monoisotopic (exact) mass is 276 g/mol. The first-order chi connectivity index (χ1) is 10.2. The third-order valence-corrected chi connectivity index (χ3v) is 3.83. The summed E-state index contributed by atoms with van der Waals surface area (Å²) in [6.07, 6.45) is 3.11. The molecular formula is C19H20N2. The summed E-state index contributed by atoms with van der Waals surface area (Å²) in [7, 11) is 0. The Morgan fingerprint density at radius 1 is 0.905 bits per heavy atom. The molecule has 3 rings (SSSR count). The van der Waals surface area contributed by atoms with Crippen LogP contribution in [0.15, 0.2) is 54.7 Å². The van der Waals surface area contributed by atoms with Crippen molar-refractivity contribution in [2.24, 2.45) is 0 Å². The van der Waals surface area contributed by atoms with Gasteiger partial charge in [-0.3, -0.25) is 4.57 Å². The van der Waals surface area contributed by atoms with E-state index < -0.39 is 0 Å². The summed E-state index contributed by atoms with van der Waals surface area (Å²) < 4.78 is 2.23. The average molecular weight is 276 g/mol. The van der Waals surface area contributed by atoms with Crippen molar-refractivity contribution in [1.29, 1.82) is 0 Å². The van der Waals surface area contributed by atoms with E-state index in [0.29, 0.717) is 0 Å². The van der Waals surface area contributed by atoms with Gasteiger partial charge in [-0.15, -0.1) is 0 Å². The van der Waals surface area contributed by atoms with Crippen molar-refractivity contribution in [3.63, 3.8) is 0 Å². The molecule has 0 saturated carbocycles. The van der Waals surface area contributed by atoms with Crippen molar-refractivity contribution in [2.75, 3.05) is 0 Å². The van der Waals surface area contributed by atoms with Crippen molar-refractivity contribution in [2.45, 2.75) is 27.2 Å². The van der Waals surface area contributed by atoms with Gasteiger partial charge in [0.25, 0.3) is 0 Å².